The number of thiazole rings is 1. The minimum Gasteiger partial charge on any atom is -0.494 e. The van der Waals surface area contributed by atoms with E-state index in [1.807, 2.05) is 36.6 Å². The highest BCUT2D eigenvalue weighted by Gasteiger charge is 2.16. The third-order valence-electron chi connectivity index (χ3n) is 3.60. The van der Waals surface area contributed by atoms with Gasteiger partial charge < -0.3 is 14.6 Å². The van der Waals surface area contributed by atoms with Gasteiger partial charge in [-0.1, -0.05) is 5.16 Å². The Morgan fingerprint density at radius 1 is 1.31 bits per heavy atom. The number of ether oxygens (including phenoxy) is 1. The molecule has 2 heterocycles. The van der Waals surface area contributed by atoms with Crippen molar-refractivity contribution in [2.24, 2.45) is 0 Å². The highest BCUT2D eigenvalue weighted by atomic mass is 32.1. The number of nitrogens with zero attached hydrogens (tertiary/aromatic N) is 3. The van der Waals surface area contributed by atoms with Gasteiger partial charge in [0.25, 0.3) is 0 Å². The van der Waals surface area contributed by atoms with E-state index in [0.717, 1.165) is 22.0 Å². The van der Waals surface area contributed by atoms with Crippen molar-refractivity contribution in [3.05, 3.63) is 47.1 Å². The average molecular weight is 372 g/mol. The molecule has 1 unspecified atom stereocenters. The molecule has 0 fully saturated rings. The lowest BCUT2D eigenvalue weighted by atomic mass is 10.2. The summed E-state index contributed by atoms with van der Waals surface area (Å²) in [5.41, 5.74) is 1.73. The molecule has 0 saturated carbocycles. The number of hydrogen-bond donors (Lipinski definition) is 1. The van der Waals surface area contributed by atoms with Crippen LogP contribution < -0.4 is 10.1 Å². The van der Waals surface area contributed by atoms with Crippen molar-refractivity contribution < 1.29 is 14.1 Å². The van der Waals surface area contributed by atoms with Crippen LogP contribution in [-0.4, -0.2) is 27.6 Å². The Balaban J connectivity index is 1.60. The van der Waals surface area contributed by atoms with Crippen LogP contribution in [0.2, 0.25) is 0 Å². The summed E-state index contributed by atoms with van der Waals surface area (Å²) in [6.07, 6.45) is 0.199. The molecule has 1 N–H and O–H groups in total. The summed E-state index contributed by atoms with van der Waals surface area (Å²) >= 11 is 1.51. The summed E-state index contributed by atoms with van der Waals surface area (Å²) in [4.78, 5) is 20.9. The lowest BCUT2D eigenvalue weighted by Gasteiger charge is -2.08. The Bertz CT molecular complexity index is 873. The molecule has 3 aromatic rings. The van der Waals surface area contributed by atoms with E-state index in [2.05, 4.69) is 20.4 Å². The smallest absolute Gasteiger partial charge is 0.248 e. The maximum absolute atomic E-state index is 12.2. The Labute approximate surface area is 155 Å². The molecule has 3 rings (SSSR count). The van der Waals surface area contributed by atoms with Gasteiger partial charge in [0.1, 0.15) is 16.8 Å². The van der Waals surface area contributed by atoms with Gasteiger partial charge in [0.2, 0.25) is 11.8 Å². The first-order chi connectivity index (χ1) is 12.5. The largest absolute Gasteiger partial charge is 0.494 e. The van der Waals surface area contributed by atoms with Gasteiger partial charge in [-0.3, -0.25) is 4.79 Å². The maximum atomic E-state index is 12.2. The van der Waals surface area contributed by atoms with E-state index in [1.165, 1.54) is 11.3 Å². The van der Waals surface area contributed by atoms with Crippen LogP contribution in [0.15, 0.2) is 34.2 Å². The lowest BCUT2D eigenvalue weighted by Crippen LogP contribution is -2.28. The predicted octanol–water partition coefficient (Wildman–Crippen LogP) is 3.32. The molecule has 2 aromatic heterocycles. The summed E-state index contributed by atoms with van der Waals surface area (Å²) < 4.78 is 10.5. The first-order valence-electron chi connectivity index (χ1n) is 8.32. The molecule has 26 heavy (non-hydrogen) atoms. The second kappa shape index (κ2) is 8.09. The molecule has 0 spiro atoms. The molecule has 1 aromatic carbocycles. The van der Waals surface area contributed by atoms with E-state index >= 15 is 0 Å². The summed E-state index contributed by atoms with van der Waals surface area (Å²) in [6.45, 7) is 6.13. The van der Waals surface area contributed by atoms with Gasteiger partial charge in [-0.25, -0.2) is 4.98 Å². The van der Waals surface area contributed by atoms with Crippen LogP contribution in [0.25, 0.3) is 10.6 Å². The van der Waals surface area contributed by atoms with Gasteiger partial charge in [0, 0.05) is 10.9 Å². The minimum absolute atomic E-state index is 0.142. The number of rotatable bonds is 7. The van der Waals surface area contributed by atoms with Crippen molar-refractivity contribution in [1.29, 1.82) is 0 Å². The molecule has 0 aliphatic rings. The fraction of sp³-hybridized carbons (Fsp3) is 0.333. The molecule has 0 bridgehead atoms. The second-order valence-electron chi connectivity index (χ2n) is 5.75. The Kier molecular flexibility index (Phi) is 5.62. The normalized spacial score (nSPS) is 12.0. The molecule has 0 radical (unpaired) electrons. The van der Waals surface area contributed by atoms with Gasteiger partial charge in [-0.05, 0) is 45.0 Å². The lowest BCUT2D eigenvalue weighted by molar-refractivity contribution is -0.121. The number of amides is 1. The van der Waals surface area contributed by atoms with E-state index in [0.29, 0.717) is 18.3 Å². The number of nitrogens with one attached hydrogen (secondary N) is 1. The second-order valence-corrected chi connectivity index (χ2v) is 6.61. The molecule has 1 atom stereocenters. The van der Waals surface area contributed by atoms with E-state index in [1.54, 1.807) is 13.8 Å². The highest BCUT2D eigenvalue weighted by Crippen LogP contribution is 2.26. The number of aryl methyl sites for hydroxylation is 1. The topological polar surface area (TPSA) is 90.1 Å². The molecular weight excluding hydrogens is 352 g/mol. The summed E-state index contributed by atoms with van der Waals surface area (Å²) in [5.74, 6) is 1.62. The van der Waals surface area contributed by atoms with Crippen LogP contribution in [-0.2, 0) is 11.2 Å². The first kappa shape index (κ1) is 18.1. The number of carbonyl (C=O) groups excluding carboxylic acids is 1. The number of benzene rings is 1. The average Bonchev–Trinajstić information content (AvgIpc) is 3.25. The van der Waals surface area contributed by atoms with Crippen molar-refractivity contribution in [1.82, 2.24) is 20.4 Å². The Hall–Kier alpha value is -2.74. The van der Waals surface area contributed by atoms with Gasteiger partial charge in [0.05, 0.1) is 18.7 Å². The van der Waals surface area contributed by atoms with Crippen molar-refractivity contribution in [3.63, 3.8) is 0 Å². The van der Waals surface area contributed by atoms with Crippen LogP contribution in [0.3, 0.4) is 0 Å². The van der Waals surface area contributed by atoms with Gasteiger partial charge in [-0.15, -0.1) is 11.3 Å². The van der Waals surface area contributed by atoms with Crippen molar-refractivity contribution in [2.45, 2.75) is 33.2 Å². The monoisotopic (exact) mass is 372 g/mol. The first-order valence-corrected chi connectivity index (χ1v) is 9.20. The number of hydrogen-bond acceptors (Lipinski definition) is 7. The molecule has 7 nitrogen and oxygen atoms in total. The molecule has 0 aliphatic carbocycles. The van der Waals surface area contributed by atoms with Crippen LogP contribution in [0, 0.1) is 6.92 Å². The highest BCUT2D eigenvalue weighted by molar-refractivity contribution is 7.13. The standard InChI is InChI=1S/C18H20N4O3S/c1-4-24-15-7-5-13(6-8-15)18-21-14(10-26-18)9-16(23)19-11(2)17-20-12(3)22-25-17/h5-8,10-11H,4,9H2,1-3H3,(H,19,23). The summed E-state index contributed by atoms with van der Waals surface area (Å²) in [5, 5.41) is 9.34. The number of carbonyl (C=O) groups is 1. The van der Waals surface area contributed by atoms with Crippen LogP contribution in [0.4, 0.5) is 0 Å². The van der Waals surface area contributed by atoms with Crippen LogP contribution in [0.1, 0.15) is 37.3 Å². The van der Waals surface area contributed by atoms with Gasteiger partial charge in [-0.2, -0.15) is 4.98 Å². The Morgan fingerprint density at radius 3 is 2.73 bits per heavy atom. The van der Waals surface area contributed by atoms with Crippen LogP contribution >= 0.6 is 11.3 Å². The quantitative estimate of drug-likeness (QED) is 0.684. The minimum atomic E-state index is -0.340. The summed E-state index contributed by atoms with van der Waals surface area (Å²) in [7, 11) is 0. The Morgan fingerprint density at radius 2 is 2.08 bits per heavy atom. The maximum Gasteiger partial charge on any atom is 0.248 e. The zero-order chi connectivity index (χ0) is 18.5. The SMILES string of the molecule is CCOc1ccc(-c2nc(CC(=O)NC(C)c3nc(C)no3)cs2)cc1. The third kappa shape index (κ3) is 4.45. The third-order valence-corrected chi connectivity index (χ3v) is 4.54. The zero-order valence-corrected chi connectivity index (χ0v) is 15.7. The van der Waals surface area contributed by atoms with Crippen molar-refractivity contribution >= 4 is 17.2 Å². The predicted molar refractivity (Wildman–Crippen MR) is 98.0 cm³/mol. The van der Waals surface area contributed by atoms with E-state index in [-0.39, 0.29) is 18.4 Å². The molecule has 0 saturated heterocycles. The van der Waals surface area contributed by atoms with Gasteiger partial charge >= 0.3 is 0 Å². The van der Waals surface area contributed by atoms with E-state index < -0.39 is 0 Å². The molecule has 0 aliphatic heterocycles. The zero-order valence-electron chi connectivity index (χ0n) is 14.9. The van der Waals surface area contributed by atoms with Crippen molar-refractivity contribution in [2.75, 3.05) is 6.61 Å². The molecule has 1 amide bonds. The van der Waals surface area contributed by atoms with Crippen LogP contribution in [0.5, 0.6) is 5.75 Å². The fourth-order valence-electron chi connectivity index (χ4n) is 2.39. The van der Waals surface area contributed by atoms with Crippen molar-refractivity contribution in [3.8, 4) is 16.3 Å². The van der Waals surface area contributed by atoms with Gasteiger partial charge in [0.15, 0.2) is 5.82 Å². The van der Waals surface area contributed by atoms with E-state index in [9.17, 15) is 4.79 Å². The number of aromatic nitrogens is 3. The molecule has 8 heteroatoms. The molecular formula is C18H20N4O3S. The molecule has 136 valence electrons. The summed E-state index contributed by atoms with van der Waals surface area (Å²) in [6, 6.07) is 7.43. The fourth-order valence-corrected chi connectivity index (χ4v) is 3.21. The van der Waals surface area contributed by atoms with E-state index in [4.69, 9.17) is 9.26 Å².